The zero-order valence-corrected chi connectivity index (χ0v) is 22.5. The molecule has 0 heterocycles. The summed E-state index contributed by atoms with van der Waals surface area (Å²) >= 11 is 11.9. The van der Waals surface area contributed by atoms with E-state index < -0.39 is 10.0 Å². The Bertz CT molecular complexity index is 695. The predicted octanol–water partition coefficient (Wildman–Crippen LogP) is 9.31. The molecule has 1 aromatic rings. The maximum absolute atomic E-state index is 12.3. The summed E-state index contributed by atoms with van der Waals surface area (Å²) in [6.45, 7) is 2.71. The van der Waals surface area contributed by atoms with E-state index in [1.807, 2.05) is 0 Å². The van der Waals surface area contributed by atoms with Gasteiger partial charge in [-0.15, -0.1) is 0 Å². The first kappa shape index (κ1) is 29.7. The Hall–Kier alpha value is -0.290. The fourth-order valence-corrected chi connectivity index (χ4v) is 5.83. The van der Waals surface area contributed by atoms with Crippen molar-refractivity contribution in [3.63, 3.8) is 0 Å². The van der Waals surface area contributed by atoms with E-state index in [-0.39, 0.29) is 9.92 Å². The maximum Gasteiger partial charge on any atom is 0.242 e. The molecule has 0 aromatic heterocycles. The molecule has 6 heteroatoms. The number of unbranched alkanes of at least 4 members (excludes halogenated alkanes) is 17. The predicted molar refractivity (Wildman–Crippen MR) is 140 cm³/mol. The van der Waals surface area contributed by atoms with Crippen LogP contribution in [0.4, 0.5) is 0 Å². The van der Waals surface area contributed by atoms with Gasteiger partial charge in [-0.05, 0) is 24.6 Å². The van der Waals surface area contributed by atoms with Crippen LogP contribution in [0.15, 0.2) is 23.1 Å². The Labute approximate surface area is 208 Å². The van der Waals surface area contributed by atoms with Gasteiger partial charge in [-0.25, -0.2) is 13.1 Å². The van der Waals surface area contributed by atoms with Gasteiger partial charge in [0.15, 0.2) is 0 Å². The molecule has 32 heavy (non-hydrogen) atoms. The fraction of sp³-hybridized carbons (Fsp3) is 0.769. The number of benzene rings is 1. The second kappa shape index (κ2) is 19.1. The van der Waals surface area contributed by atoms with Gasteiger partial charge in [-0.3, -0.25) is 0 Å². The number of halogens is 2. The molecule has 186 valence electrons. The average molecular weight is 507 g/mol. The van der Waals surface area contributed by atoms with Crippen molar-refractivity contribution in [2.75, 3.05) is 6.54 Å². The van der Waals surface area contributed by atoms with Crippen LogP contribution < -0.4 is 4.72 Å². The van der Waals surface area contributed by atoms with E-state index in [9.17, 15) is 8.42 Å². The Kier molecular flexibility index (Phi) is 17.7. The number of hydrogen-bond donors (Lipinski definition) is 1. The summed E-state index contributed by atoms with van der Waals surface area (Å²) in [7, 11) is -3.60. The van der Waals surface area contributed by atoms with Gasteiger partial charge in [-0.2, -0.15) is 0 Å². The van der Waals surface area contributed by atoms with Crippen LogP contribution in [0, 0.1) is 0 Å². The van der Waals surface area contributed by atoms with Gasteiger partial charge in [0.25, 0.3) is 0 Å². The first-order valence-electron chi connectivity index (χ1n) is 12.9. The van der Waals surface area contributed by atoms with Crippen molar-refractivity contribution in [2.24, 2.45) is 0 Å². The molecular formula is C26H45Cl2NO2S. The lowest BCUT2D eigenvalue weighted by Crippen LogP contribution is -2.25. The van der Waals surface area contributed by atoms with E-state index in [4.69, 9.17) is 23.2 Å². The SMILES string of the molecule is CCCCCCCCCCCCCCCCCCCCNS(=O)(=O)c1cc(Cl)ccc1Cl. The van der Waals surface area contributed by atoms with Gasteiger partial charge in [0.1, 0.15) is 4.90 Å². The number of nitrogens with one attached hydrogen (secondary N) is 1. The van der Waals surface area contributed by atoms with Crippen LogP contribution in [0.2, 0.25) is 10.0 Å². The number of hydrogen-bond acceptors (Lipinski definition) is 2. The Balaban J connectivity index is 1.88. The molecule has 0 atom stereocenters. The first-order chi connectivity index (χ1) is 15.5. The van der Waals surface area contributed by atoms with Crippen LogP contribution >= 0.6 is 23.2 Å². The quantitative estimate of drug-likeness (QED) is 0.169. The van der Waals surface area contributed by atoms with Gasteiger partial charge in [-0.1, -0.05) is 139 Å². The van der Waals surface area contributed by atoms with Crippen molar-refractivity contribution in [3.8, 4) is 0 Å². The molecule has 0 saturated carbocycles. The van der Waals surface area contributed by atoms with Crippen LogP contribution in [0.3, 0.4) is 0 Å². The largest absolute Gasteiger partial charge is 0.242 e. The second-order valence-corrected chi connectivity index (χ2v) is 11.6. The molecule has 1 N–H and O–H groups in total. The van der Waals surface area contributed by atoms with Gasteiger partial charge in [0, 0.05) is 11.6 Å². The monoisotopic (exact) mass is 505 g/mol. The average Bonchev–Trinajstić information content (AvgIpc) is 2.77. The van der Waals surface area contributed by atoms with Crippen molar-refractivity contribution in [2.45, 2.75) is 127 Å². The van der Waals surface area contributed by atoms with E-state index >= 15 is 0 Å². The fourth-order valence-electron chi connectivity index (χ4n) is 3.99. The Morgan fingerprint density at radius 2 is 1.06 bits per heavy atom. The molecule has 0 spiro atoms. The Morgan fingerprint density at radius 3 is 1.50 bits per heavy atom. The van der Waals surface area contributed by atoms with Gasteiger partial charge in [0.2, 0.25) is 10.0 Å². The minimum Gasteiger partial charge on any atom is -0.211 e. The minimum atomic E-state index is -3.60. The summed E-state index contributed by atoms with van der Waals surface area (Å²) < 4.78 is 27.3. The topological polar surface area (TPSA) is 46.2 Å². The van der Waals surface area contributed by atoms with Crippen LogP contribution in [-0.4, -0.2) is 15.0 Å². The first-order valence-corrected chi connectivity index (χ1v) is 15.2. The molecular weight excluding hydrogens is 461 g/mol. The lowest BCUT2D eigenvalue weighted by Gasteiger charge is -2.09. The van der Waals surface area contributed by atoms with E-state index in [2.05, 4.69) is 11.6 Å². The molecule has 0 aliphatic carbocycles. The summed E-state index contributed by atoms with van der Waals surface area (Å²) in [5.74, 6) is 0. The van der Waals surface area contributed by atoms with Crippen molar-refractivity contribution in [1.29, 1.82) is 0 Å². The molecule has 0 aliphatic heterocycles. The smallest absolute Gasteiger partial charge is 0.211 e. The standard InChI is InChI=1S/C26H45Cl2NO2S/c1-2-3-4-5-6-7-8-9-10-11-12-13-14-15-16-17-18-19-22-29-32(30,31)26-23-24(27)20-21-25(26)28/h20-21,23,29H,2-19,22H2,1H3. The third kappa shape index (κ3) is 14.8. The highest BCUT2D eigenvalue weighted by Gasteiger charge is 2.17. The van der Waals surface area contributed by atoms with E-state index in [0.717, 1.165) is 19.3 Å². The Morgan fingerprint density at radius 1 is 0.656 bits per heavy atom. The zero-order valence-electron chi connectivity index (χ0n) is 20.1. The third-order valence-electron chi connectivity index (χ3n) is 6.01. The van der Waals surface area contributed by atoms with Crippen LogP contribution in [0.25, 0.3) is 0 Å². The molecule has 1 aromatic carbocycles. The molecule has 0 unspecified atom stereocenters. The molecule has 0 saturated heterocycles. The zero-order chi connectivity index (χ0) is 23.5. The summed E-state index contributed by atoms with van der Waals surface area (Å²) in [6, 6.07) is 4.48. The molecule has 3 nitrogen and oxygen atoms in total. The van der Waals surface area contributed by atoms with Crippen molar-refractivity contribution in [3.05, 3.63) is 28.2 Å². The van der Waals surface area contributed by atoms with E-state index in [1.54, 1.807) is 6.07 Å². The highest BCUT2D eigenvalue weighted by molar-refractivity contribution is 7.89. The molecule has 0 fully saturated rings. The van der Waals surface area contributed by atoms with Crippen LogP contribution in [0.1, 0.15) is 122 Å². The van der Waals surface area contributed by atoms with Gasteiger partial charge < -0.3 is 0 Å². The van der Waals surface area contributed by atoms with Gasteiger partial charge >= 0.3 is 0 Å². The molecule has 0 bridgehead atoms. The van der Waals surface area contributed by atoms with Gasteiger partial charge in [0.05, 0.1) is 5.02 Å². The molecule has 0 amide bonds. The van der Waals surface area contributed by atoms with E-state index in [1.165, 1.54) is 108 Å². The highest BCUT2D eigenvalue weighted by Crippen LogP contribution is 2.24. The lowest BCUT2D eigenvalue weighted by atomic mass is 10.0. The van der Waals surface area contributed by atoms with Crippen LogP contribution in [0.5, 0.6) is 0 Å². The van der Waals surface area contributed by atoms with Crippen LogP contribution in [-0.2, 0) is 10.0 Å². The minimum absolute atomic E-state index is 0.0501. The maximum atomic E-state index is 12.3. The molecule has 1 rings (SSSR count). The van der Waals surface area contributed by atoms with Crippen molar-refractivity contribution in [1.82, 2.24) is 4.72 Å². The summed E-state index contributed by atoms with van der Waals surface area (Å²) in [5, 5.41) is 0.558. The summed E-state index contributed by atoms with van der Waals surface area (Å²) in [5.41, 5.74) is 0. The normalized spacial score (nSPS) is 11.8. The van der Waals surface area contributed by atoms with E-state index in [0.29, 0.717) is 11.6 Å². The highest BCUT2D eigenvalue weighted by atomic mass is 35.5. The number of sulfonamides is 1. The number of rotatable bonds is 21. The lowest BCUT2D eigenvalue weighted by molar-refractivity contribution is 0.524. The summed E-state index contributed by atoms with van der Waals surface area (Å²) in [6.07, 6.45) is 23.8. The summed E-state index contributed by atoms with van der Waals surface area (Å²) in [4.78, 5) is 0.0501. The van der Waals surface area contributed by atoms with Crippen molar-refractivity contribution < 1.29 is 8.42 Å². The molecule has 0 aliphatic rings. The van der Waals surface area contributed by atoms with Crippen molar-refractivity contribution >= 4 is 33.2 Å². The third-order valence-corrected chi connectivity index (χ3v) is 8.18. The molecule has 0 radical (unpaired) electrons. The second-order valence-electron chi connectivity index (χ2n) is 8.98.